The fourth-order valence-corrected chi connectivity index (χ4v) is 3.77. The first kappa shape index (κ1) is 18.9. The zero-order chi connectivity index (χ0) is 19.9. The van der Waals surface area contributed by atoms with Gasteiger partial charge in [-0.15, -0.1) is 0 Å². The van der Waals surface area contributed by atoms with Crippen molar-refractivity contribution in [1.29, 1.82) is 0 Å². The maximum absolute atomic E-state index is 12.8. The van der Waals surface area contributed by atoms with Gasteiger partial charge >= 0.3 is 6.09 Å². The maximum atomic E-state index is 12.8. The lowest BCUT2D eigenvalue weighted by Gasteiger charge is -2.40. The van der Waals surface area contributed by atoms with Gasteiger partial charge in [0.2, 0.25) is 5.91 Å². The number of aryl methyl sites for hydroxylation is 2. The van der Waals surface area contributed by atoms with Crippen molar-refractivity contribution < 1.29 is 14.7 Å². The number of fused-ring (bicyclic) bond motifs is 1. The molecule has 1 aromatic heterocycles. The molecule has 3 rings (SSSR count). The Balaban J connectivity index is 2.13. The first-order chi connectivity index (χ1) is 12.7. The van der Waals surface area contributed by atoms with Gasteiger partial charge in [-0.2, -0.15) is 5.10 Å². The van der Waals surface area contributed by atoms with E-state index in [1.807, 2.05) is 52.8 Å². The van der Waals surface area contributed by atoms with E-state index in [-0.39, 0.29) is 24.4 Å². The normalized spacial score (nSPS) is 16.6. The fourth-order valence-electron chi connectivity index (χ4n) is 3.77. The van der Waals surface area contributed by atoms with Crippen LogP contribution in [0.1, 0.15) is 38.6 Å². The van der Waals surface area contributed by atoms with Gasteiger partial charge in [0, 0.05) is 24.2 Å². The summed E-state index contributed by atoms with van der Waals surface area (Å²) in [5.41, 5.74) is 4.80. The van der Waals surface area contributed by atoms with Crippen LogP contribution in [-0.4, -0.2) is 39.9 Å². The molecule has 1 aromatic carbocycles. The molecular formula is C20H26N4O3. The number of benzene rings is 1. The zero-order valence-corrected chi connectivity index (χ0v) is 16.4. The molecule has 7 heteroatoms. The Morgan fingerprint density at radius 3 is 2.56 bits per heavy atom. The van der Waals surface area contributed by atoms with Crippen molar-refractivity contribution in [1.82, 2.24) is 10.2 Å². The molecule has 2 heterocycles. The van der Waals surface area contributed by atoms with Gasteiger partial charge < -0.3 is 10.0 Å². The molecule has 1 atom stereocenters. The summed E-state index contributed by atoms with van der Waals surface area (Å²) in [6.45, 7) is 9.99. The molecule has 2 amide bonds. The second-order valence-corrected chi connectivity index (χ2v) is 7.62. The van der Waals surface area contributed by atoms with E-state index >= 15 is 0 Å². The van der Waals surface area contributed by atoms with E-state index in [0.717, 1.165) is 22.5 Å². The van der Waals surface area contributed by atoms with E-state index in [0.29, 0.717) is 17.8 Å². The third-order valence-electron chi connectivity index (χ3n) is 4.91. The second kappa shape index (κ2) is 7.06. The van der Waals surface area contributed by atoms with Crippen molar-refractivity contribution >= 4 is 23.4 Å². The Bertz CT molecular complexity index is 868. The summed E-state index contributed by atoms with van der Waals surface area (Å²) in [5.74, 6) is 0.258. The van der Waals surface area contributed by atoms with Gasteiger partial charge in [0.25, 0.3) is 0 Å². The van der Waals surface area contributed by atoms with Crippen LogP contribution >= 0.6 is 0 Å². The first-order valence-corrected chi connectivity index (χ1v) is 9.19. The number of rotatable bonds is 3. The Morgan fingerprint density at radius 2 is 2.00 bits per heavy atom. The summed E-state index contributed by atoms with van der Waals surface area (Å²) < 4.78 is 0. The molecule has 7 nitrogen and oxygen atoms in total. The molecule has 2 aromatic rings. The van der Waals surface area contributed by atoms with Crippen molar-refractivity contribution in [2.24, 2.45) is 5.92 Å². The molecule has 27 heavy (non-hydrogen) atoms. The number of nitrogens with zero attached hydrogens (tertiary/aromatic N) is 3. The highest BCUT2D eigenvalue weighted by Gasteiger charge is 2.35. The van der Waals surface area contributed by atoms with Gasteiger partial charge in [0.15, 0.2) is 0 Å². The van der Waals surface area contributed by atoms with E-state index in [2.05, 4.69) is 10.2 Å². The SMILES string of the molecule is Cc1n[nH]c(C)c1-c1ccc2c(c1)N(C(=O)O)C[C@H](C)N2C(=O)CC(C)C. The molecule has 2 N–H and O–H groups in total. The first-order valence-electron chi connectivity index (χ1n) is 9.19. The van der Waals surface area contributed by atoms with Crippen LogP contribution in [0.4, 0.5) is 16.2 Å². The number of hydrogen-bond donors (Lipinski definition) is 2. The molecule has 0 unspecified atom stereocenters. The molecule has 1 aliphatic heterocycles. The average Bonchev–Trinajstić information content (AvgIpc) is 2.91. The lowest BCUT2D eigenvalue weighted by Crippen LogP contribution is -2.51. The molecule has 0 saturated carbocycles. The maximum Gasteiger partial charge on any atom is 0.411 e. The third-order valence-corrected chi connectivity index (χ3v) is 4.91. The topological polar surface area (TPSA) is 89.5 Å². The monoisotopic (exact) mass is 370 g/mol. The molecule has 0 aliphatic carbocycles. The fraction of sp³-hybridized carbons (Fsp3) is 0.450. The lowest BCUT2D eigenvalue weighted by atomic mass is 9.99. The largest absolute Gasteiger partial charge is 0.465 e. The highest BCUT2D eigenvalue weighted by Crippen LogP contribution is 2.40. The number of nitrogens with one attached hydrogen (secondary N) is 1. The van der Waals surface area contributed by atoms with Crippen LogP contribution in [0, 0.1) is 19.8 Å². The molecular weight excluding hydrogens is 344 g/mol. The van der Waals surface area contributed by atoms with Gasteiger partial charge in [-0.3, -0.25) is 14.8 Å². The summed E-state index contributed by atoms with van der Waals surface area (Å²) in [6.07, 6.45) is -0.588. The van der Waals surface area contributed by atoms with Crippen molar-refractivity contribution in [2.75, 3.05) is 16.3 Å². The number of amides is 2. The number of hydrogen-bond acceptors (Lipinski definition) is 3. The molecule has 0 bridgehead atoms. The van der Waals surface area contributed by atoms with Crippen LogP contribution in [0.25, 0.3) is 11.1 Å². The van der Waals surface area contributed by atoms with Crippen LogP contribution < -0.4 is 9.80 Å². The Kier molecular flexibility index (Phi) is 4.95. The van der Waals surface area contributed by atoms with Crippen LogP contribution in [0.3, 0.4) is 0 Å². The van der Waals surface area contributed by atoms with E-state index in [1.54, 1.807) is 4.90 Å². The summed E-state index contributed by atoms with van der Waals surface area (Å²) in [6, 6.07) is 5.40. The smallest absolute Gasteiger partial charge is 0.411 e. The van der Waals surface area contributed by atoms with Crippen LogP contribution in [-0.2, 0) is 4.79 Å². The van der Waals surface area contributed by atoms with Gasteiger partial charge in [-0.1, -0.05) is 19.9 Å². The third kappa shape index (κ3) is 3.41. The molecule has 0 saturated heterocycles. The number of carbonyl (C=O) groups excluding carboxylic acids is 1. The Morgan fingerprint density at radius 1 is 1.30 bits per heavy atom. The quantitative estimate of drug-likeness (QED) is 0.856. The van der Waals surface area contributed by atoms with Crippen LogP contribution in [0.2, 0.25) is 0 Å². The minimum Gasteiger partial charge on any atom is -0.465 e. The lowest BCUT2D eigenvalue weighted by molar-refractivity contribution is -0.119. The summed E-state index contributed by atoms with van der Waals surface area (Å²) in [7, 11) is 0. The zero-order valence-electron chi connectivity index (χ0n) is 16.4. The van der Waals surface area contributed by atoms with Gasteiger partial charge in [0.1, 0.15) is 0 Å². The Hall–Kier alpha value is -2.83. The van der Waals surface area contributed by atoms with Crippen molar-refractivity contribution in [3.63, 3.8) is 0 Å². The Labute approximate surface area is 159 Å². The highest BCUT2D eigenvalue weighted by molar-refractivity contribution is 6.03. The minimum absolute atomic E-state index is 0.0206. The van der Waals surface area contributed by atoms with Crippen LogP contribution in [0.5, 0.6) is 0 Å². The highest BCUT2D eigenvalue weighted by atomic mass is 16.4. The number of aromatic amines is 1. The molecule has 144 valence electrons. The second-order valence-electron chi connectivity index (χ2n) is 7.62. The van der Waals surface area contributed by atoms with Gasteiger partial charge in [-0.05, 0) is 44.4 Å². The number of anilines is 2. The van der Waals surface area contributed by atoms with Crippen LogP contribution in [0.15, 0.2) is 18.2 Å². The summed E-state index contributed by atoms with van der Waals surface area (Å²) >= 11 is 0. The van der Waals surface area contributed by atoms with Crippen molar-refractivity contribution in [2.45, 2.75) is 47.1 Å². The average molecular weight is 370 g/mol. The number of aromatic nitrogens is 2. The summed E-state index contributed by atoms with van der Waals surface area (Å²) in [5, 5.41) is 16.9. The molecule has 0 spiro atoms. The standard InChI is InChI=1S/C20H26N4O3/c1-11(2)8-18(25)24-12(3)10-23(20(26)27)17-9-15(6-7-16(17)24)19-13(4)21-22-14(19)5/h6-7,9,11-12H,8,10H2,1-5H3,(H,21,22)(H,26,27)/t12-/m0/s1. The van der Waals surface area contributed by atoms with Gasteiger partial charge in [0.05, 0.1) is 23.1 Å². The van der Waals surface area contributed by atoms with Crippen molar-refractivity contribution in [3.8, 4) is 11.1 Å². The van der Waals surface area contributed by atoms with Crippen molar-refractivity contribution in [3.05, 3.63) is 29.6 Å². The molecule has 0 fully saturated rings. The van der Waals surface area contributed by atoms with E-state index in [9.17, 15) is 14.7 Å². The predicted octanol–water partition coefficient (Wildman–Crippen LogP) is 3.96. The summed E-state index contributed by atoms with van der Waals surface area (Å²) in [4.78, 5) is 27.7. The number of carbonyl (C=O) groups is 2. The number of H-pyrrole nitrogens is 1. The molecule has 0 radical (unpaired) electrons. The van der Waals surface area contributed by atoms with E-state index in [4.69, 9.17) is 0 Å². The van der Waals surface area contributed by atoms with E-state index < -0.39 is 6.09 Å². The van der Waals surface area contributed by atoms with Gasteiger partial charge in [-0.25, -0.2) is 4.79 Å². The number of carboxylic acid groups (broad SMARTS) is 1. The van der Waals surface area contributed by atoms with E-state index in [1.165, 1.54) is 4.90 Å². The molecule has 1 aliphatic rings. The minimum atomic E-state index is -1.02. The predicted molar refractivity (Wildman–Crippen MR) is 105 cm³/mol.